The Balaban J connectivity index is 1.24. The average molecular weight is 584 g/mol. The fourth-order valence-corrected chi connectivity index (χ4v) is 7.67. The fraction of sp³-hybridized carbons (Fsp3) is 0.370. The number of carbonyl (C=O) groups excluding carboxylic acids is 3. The number of likely N-dealkylation sites (tertiary alicyclic amines) is 1. The summed E-state index contributed by atoms with van der Waals surface area (Å²) in [6, 6.07) is 11.6. The van der Waals surface area contributed by atoms with Gasteiger partial charge in [0.15, 0.2) is 10.8 Å². The number of hydrogen-bond acceptors (Lipinski definition) is 9. The molecule has 3 aromatic heterocycles. The van der Waals surface area contributed by atoms with E-state index in [4.69, 9.17) is 4.74 Å². The summed E-state index contributed by atoms with van der Waals surface area (Å²) in [5.41, 5.74) is 1.13. The Labute approximate surface area is 236 Å². The molecule has 210 valence electrons. The molecule has 2 amide bonds. The SMILES string of the molecule is CCCC(NC(=O)Oc1ccc(-c2ccccn2)s1)C(=O)N1CCC2C1C(=O)CN2S(=O)(=O)Cc1ccccn1. The summed E-state index contributed by atoms with van der Waals surface area (Å²) in [6.07, 6.45) is 3.67. The molecule has 0 bridgehead atoms. The Morgan fingerprint density at radius 3 is 2.60 bits per heavy atom. The molecular weight excluding hydrogens is 554 g/mol. The van der Waals surface area contributed by atoms with Crippen molar-refractivity contribution in [2.45, 2.75) is 50.1 Å². The fourth-order valence-electron chi connectivity index (χ4n) is 5.17. The molecule has 0 aliphatic carbocycles. The Kier molecular flexibility index (Phi) is 8.24. The number of ether oxygens (including phenoxy) is 1. The lowest BCUT2D eigenvalue weighted by Gasteiger charge is -2.28. The largest absolute Gasteiger partial charge is 0.414 e. The number of nitrogens with zero attached hydrogens (tertiary/aromatic N) is 4. The molecule has 0 saturated carbocycles. The molecule has 2 aliphatic heterocycles. The first-order chi connectivity index (χ1) is 19.3. The Bertz CT molecular complexity index is 1480. The number of pyridine rings is 2. The Hall–Kier alpha value is -3.68. The summed E-state index contributed by atoms with van der Waals surface area (Å²) < 4.78 is 33.0. The summed E-state index contributed by atoms with van der Waals surface area (Å²) >= 11 is 1.25. The molecule has 0 spiro atoms. The molecular formula is C27H29N5O6S2. The summed E-state index contributed by atoms with van der Waals surface area (Å²) in [6.45, 7) is 1.80. The number of rotatable bonds is 9. The summed E-state index contributed by atoms with van der Waals surface area (Å²) in [4.78, 5) is 49.9. The number of amides is 2. The molecule has 2 aliphatic rings. The van der Waals surface area contributed by atoms with Crippen molar-refractivity contribution < 1.29 is 27.5 Å². The van der Waals surface area contributed by atoms with Crippen LogP contribution in [0.1, 0.15) is 31.9 Å². The lowest BCUT2D eigenvalue weighted by molar-refractivity contribution is -0.138. The van der Waals surface area contributed by atoms with Gasteiger partial charge in [0.1, 0.15) is 17.8 Å². The molecule has 2 saturated heterocycles. The topological polar surface area (TPSA) is 139 Å². The van der Waals surface area contributed by atoms with E-state index < -0.39 is 40.1 Å². The van der Waals surface area contributed by atoms with E-state index in [9.17, 15) is 22.8 Å². The Morgan fingerprint density at radius 1 is 1.12 bits per heavy atom. The molecule has 0 radical (unpaired) electrons. The van der Waals surface area contributed by atoms with Gasteiger partial charge in [-0.05, 0) is 49.2 Å². The smallest absolute Gasteiger partial charge is 0.399 e. The van der Waals surface area contributed by atoms with Crippen LogP contribution in [0.2, 0.25) is 0 Å². The number of thiophene rings is 1. The van der Waals surface area contributed by atoms with E-state index in [1.165, 1.54) is 26.7 Å². The first kappa shape index (κ1) is 27.9. The molecule has 11 nitrogen and oxygen atoms in total. The summed E-state index contributed by atoms with van der Waals surface area (Å²) in [5.74, 6) is -1.09. The van der Waals surface area contributed by atoms with Gasteiger partial charge in [0.25, 0.3) is 0 Å². The van der Waals surface area contributed by atoms with Crippen LogP contribution in [0.25, 0.3) is 10.6 Å². The first-order valence-electron chi connectivity index (χ1n) is 13.0. The van der Waals surface area contributed by atoms with E-state index >= 15 is 0 Å². The number of nitrogens with one attached hydrogen (secondary N) is 1. The standard InChI is InChI=1S/C27H29N5O6S2/c1-2-7-20(30-27(35)38-24-11-10-23(39-24)19-9-4-6-14-29-19)26(34)31-15-12-21-25(31)22(33)16-32(21)40(36,37)17-18-8-3-5-13-28-18/h3-6,8-11,13-14,20-21,25H,2,7,12,15-17H2,1H3,(H,30,35). The number of ketones is 1. The molecule has 5 heterocycles. The molecule has 5 rings (SSSR count). The van der Waals surface area contributed by atoms with E-state index in [1.54, 1.807) is 36.5 Å². The second kappa shape index (κ2) is 11.8. The maximum absolute atomic E-state index is 13.6. The molecule has 3 aromatic rings. The van der Waals surface area contributed by atoms with Crippen LogP contribution in [0.3, 0.4) is 0 Å². The molecule has 40 heavy (non-hydrogen) atoms. The third-order valence-electron chi connectivity index (χ3n) is 6.93. The van der Waals surface area contributed by atoms with Crippen LogP contribution in [0.4, 0.5) is 4.79 Å². The van der Waals surface area contributed by atoms with Crippen molar-refractivity contribution in [1.29, 1.82) is 0 Å². The number of aromatic nitrogens is 2. The third kappa shape index (κ3) is 5.91. The zero-order chi connectivity index (χ0) is 28.3. The predicted molar refractivity (Wildman–Crippen MR) is 148 cm³/mol. The maximum Gasteiger partial charge on any atom is 0.414 e. The van der Waals surface area contributed by atoms with Crippen molar-refractivity contribution in [3.05, 3.63) is 66.6 Å². The highest BCUT2D eigenvalue weighted by Gasteiger charge is 2.54. The van der Waals surface area contributed by atoms with Gasteiger partial charge < -0.3 is 15.0 Å². The van der Waals surface area contributed by atoms with Crippen LogP contribution < -0.4 is 10.1 Å². The van der Waals surface area contributed by atoms with Gasteiger partial charge in [-0.2, -0.15) is 4.31 Å². The normalized spacial score (nSPS) is 19.8. The highest BCUT2D eigenvalue weighted by molar-refractivity contribution is 7.88. The number of Topliss-reactive ketones (excluding diaryl/α,β-unsaturated/α-hetero) is 1. The van der Waals surface area contributed by atoms with Crippen LogP contribution in [0, 0.1) is 0 Å². The summed E-state index contributed by atoms with van der Waals surface area (Å²) in [5, 5.41) is 3.00. The zero-order valence-corrected chi connectivity index (χ0v) is 23.4. The van der Waals surface area contributed by atoms with Gasteiger partial charge in [-0.25, -0.2) is 13.2 Å². The van der Waals surface area contributed by atoms with E-state index in [0.717, 1.165) is 10.6 Å². The minimum atomic E-state index is -3.83. The van der Waals surface area contributed by atoms with Gasteiger partial charge in [0, 0.05) is 18.9 Å². The van der Waals surface area contributed by atoms with Crippen molar-refractivity contribution in [2.24, 2.45) is 0 Å². The summed E-state index contributed by atoms with van der Waals surface area (Å²) in [7, 11) is -3.83. The van der Waals surface area contributed by atoms with Gasteiger partial charge in [-0.3, -0.25) is 19.6 Å². The number of fused-ring (bicyclic) bond motifs is 1. The molecule has 0 aromatic carbocycles. The lowest BCUT2D eigenvalue weighted by atomic mass is 10.1. The maximum atomic E-state index is 13.6. The van der Waals surface area contributed by atoms with Gasteiger partial charge >= 0.3 is 6.09 Å². The second-order valence-electron chi connectivity index (χ2n) is 9.63. The number of hydrogen-bond donors (Lipinski definition) is 1. The van der Waals surface area contributed by atoms with Crippen LogP contribution >= 0.6 is 11.3 Å². The van der Waals surface area contributed by atoms with Crippen LogP contribution in [0.15, 0.2) is 60.9 Å². The van der Waals surface area contributed by atoms with Gasteiger partial charge in [0.05, 0.1) is 28.9 Å². The van der Waals surface area contributed by atoms with E-state index in [-0.39, 0.29) is 24.6 Å². The molecule has 13 heteroatoms. The van der Waals surface area contributed by atoms with Gasteiger partial charge in [0.2, 0.25) is 15.9 Å². The molecule has 2 fully saturated rings. The van der Waals surface area contributed by atoms with E-state index in [0.29, 0.717) is 30.0 Å². The highest BCUT2D eigenvalue weighted by atomic mass is 32.2. The van der Waals surface area contributed by atoms with Crippen molar-refractivity contribution in [3.8, 4) is 15.6 Å². The van der Waals surface area contributed by atoms with Crippen molar-refractivity contribution in [1.82, 2.24) is 24.5 Å². The highest BCUT2D eigenvalue weighted by Crippen LogP contribution is 2.34. The van der Waals surface area contributed by atoms with Crippen molar-refractivity contribution in [2.75, 3.05) is 13.1 Å². The minimum Gasteiger partial charge on any atom is -0.399 e. The molecule has 3 atom stereocenters. The van der Waals surface area contributed by atoms with E-state index in [1.807, 2.05) is 25.1 Å². The Morgan fingerprint density at radius 2 is 1.90 bits per heavy atom. The molecule has 3 unspecified atom stereocenters. The zero-order valence-electron chi connectivity index (χ0n) is 21.8. The molecule has 1 N–H and O–H groups in total. The van der Waals surface area contributed by atoms with E-state index in [2.05, 4.69) is 15.3 Å². The average Bonchev–Trinajstić information content (AvgIpc) is 3.66. The number of carbonyl (C=O) groups is 3. The predicted octanol–water partition coefficient (Wildman–Crippen LogP) is 2.85. The van der Waals surface area contributed by atoms with Gasteiger partial charge in [-0.1, -0.05) is 36.8 Å². The lowest BCUT2D eigenvalue weighted by Crippen LogP contribution is -2.53. The number of sulfonamides is 1. The van der Waals surface area contributed by atoms with Gasteiger partial charge in [-0.15, -0.1) is 0 Å². The van der Waals surface area contributed by atoms with Crippen LogP contribution in [-0.2, 0) is 25.4 Å². The van der Waals surface area contributed by atoms with Crippen molar-refractivity contribution in [3.63, 3.8) is 0 Å². The minimum absolute atomic E-state index is 0.213. The first-order valence-corrected chi connectivity index (χ1v) is 15.4. The van der Waals surface area contributed by atoms with Crippen LogP contribution in [-0.4, -0.2) is 76.6 Å². The third-order valence-corrected chi connectivity index (χ3v) is 9.69. The quantitative estimate of drug-likeness (QED) is 0.406. The van der Waals surface area contributed by atoms with Crippen LogP contribution in [0.5, 0.6) is 5.06 Å². The van der Waals surface area contributed by atoms with Crippen molar-refractivity contribution >= 4 is 39.1 Å². The monoisotopic (exact) mass is 583 g/mol. The second-order valence-corrected chi connectivity index (χ2v) is 12.6.